The van der Waals surface area contributed by atoms with Gasteiger partial charge in [0.25, 0.3) is 5.56 Å². The second kappa shape index (κ2) is 6.39. The van der Waals surface area contributed by atoms with Crippen LogP contribution >= 0.6 is 0 Å². The number of carboxylic acids is 2. The Morgan fingerprint density at radius 2 is 1.85 bits per heavy atom. The highest BCUT2D eigenvalue weighted by Crippen LogP contribution is 2.22. The molecule has 0 spiro atoms. The van der Waals surface area contributed by atoms with Crippen molar-refractivity contribution in [3.05, 3.63) is 44.6 Å². The second-order valence-corrected chi connectivity index (χ2v) is 5.62. The average Bonchev–Trinajstić information content (AvgIpc) is 2.58. The summed E-state index contributed by atoms with van der Waals surface area (Å²) in [7, 11) is 0. The van der Waals surface area contributed by atoms with Crippen LogP contribution in [0, 0.1) is 0 Å². The normalized spacial score (nSPS) is 11.1. The van der Waals surface area contributed by atoms with E-state index in [-0.39, 0.29) is 22.6 Å². The zero-order chi connectivity index (χ0) is 19.0. The molecule has 2 heterocycles. The van der Waals surface area contributed by atoms with Gasteiger partial charge in [-0.3, -0.25) is 9.59 Å². The van der Waals surface area contributed by atoms with Gasteiger partial charge in [-0.25, -0.2) is 19.1 Å². The van der Waals surface area contributed by atoms with Gasteiger partial charge in [-0.1, -0.05) is 6.92 Å². The second-order valence-electron chi connectivity index (χ2n) is 5.62. The van der Waals surface area contributed by atoms with E-state index in [4.69, 9.17) is 10.2 Å². The fraction of sp³-hybridized carbons (Fsp3) is 0.250. The largest absolute Gasteiger partial charge is 0.480 e. The molecule has 10 nitrogen and oxygen atoms in total. The van der Waals surface area contributed by atoms with Gasteiger partial charge in [-0.05, 0) is 24.6 Å². The van der Waals surface area contributed by atoms with Crippen molar-refractivity contribution in [2.24, 2.45) is 0 Å². The van der Waals surface area contributed by atoms with Crippen LogP contribution < -0.4 is 11.2 Å². The summed E-state index contributed by atoms with van der Waals surface area (Å²) in [5.74, 6) is -2.47. The van der Waals surface area contributed by atoms with Crippen LogP contribution in [-0.4, -0.2) is 41.3 Å². The fourth-order valence-electron chi connectivity index (χ4n) is 2.73. The van der Waals surface area contributed by atoms with Crippen molar-refractivity contribution in [2.45, 2.75) is 26.4 Å². The van der Waals surface area contributed by atoms with Crippen molar-refractivity contribution in [1.29, 1.82) is 0 Å². The Morgan fingerprint density at radius 1 is 1.12 bits per heavy atom. The van der Waals surface area contributed by atoms with Crippen molar-refractivity contribution in [2.75, 3.05) is 0 Å². The Labute approximate surface area is 145 Å². The number of aliphatic carboxylic acids is 1. The van der Waals surface area contributed by atoms with E-state index in [1.54, 1.807) is 4.57 Å². The maximum absolute atomic E-state index is 12.6. The summed E-state index contributed by atoms with van der Waals surface area (Å²) in [4.78, 5) is 54.8. The number of benzene rings is 1. The van der Waals surface area contributed by atoms with Gasteiger partial charge < -0.3 is 14.8 Å². The first kappa shape index (κ1) is 17.3. The molecule has 10 heteroatoms. The zero-order valence-corrected chi connectivity index (χ0v) is 13.7. The third kappa shape index (κ3) is 2.81. The standard InChI is InChI=1S/C16H14N4O6/c1-2-5-19-10-4-3-8(15(24)25)6-9(10)17-12-13(19)18-16(26)20(14(12)23)7-11(21)22/h3-4,6H,2,5,7H2,1H3,(H,21,22)(H,24,25). The van der Waals surface area contributed by atoms with Gasteiger partial charge in [0.15, 0.2) is 11.5 Å². The molecule has 0 unspecified atom stereocenters. The van der Waals surface area contributed by atoms with E-state index in [0.29, 0.717) is 23.0 Å². The molecule has 0 fully saturated rings. The summed E-state index contributed by atoms with van der Waals surface area (Å²) in [5.41, 5.74) is -1.29. The van der Waals surface area contributed by atoms with E-state index in [1.165, 1.54) is 18.2 Å². The summed E-state index contributed by atoms with van der Waals surface area (Å²) < 4.78 is 2.10. The molecule has 26 heavy (non-hydrogen) atoms. The predicted molar refractivity (Wildman–Crippen MR) is 89.6 cm³/mol. The first-order valence-electron chi connectivity index (χ1n) is 7.73. The molecule has 1 aromatic carbocycles. The quantitative estimate of drug-likeness (QED) is 0.618. The first-order chi connectivity index (χ1) is 12.3. The predicted octanol–water partition coefficient (Wildman–Crippen LogP) is 0.251. The van der Waals surface area contributed by atoms with Crippen LogP contribution in [0.4, 0.5) is 0 Å². The molecule has 0 saturated heterocycles. The van der Waals surface area contributed by atoms with E-state index < -0.39 is 29.7 Å². The van der Waals surface area contributed by atoms with E-state index in [2.05, 4.69) is 9.97 Å². The van der Waals surface area contributed by atoms with Gasteiger partial charge >= 0.3 is 17.6 Å². The van der Waals surface area contributed by atoms with E-state index in [0.717, 1.165) is 0 Å². The Bertz CT molecular complexity index is 1130. The van der Waals surface area contributed by atoms with Crippen molar-refractivity contribution in [1.82, 2.24) is 19.1 Å². The van der Waals surface area contributed by atoms with E-state index in [1.807, 2.05) is 6.92 Å². The number of carboxylic acid groups (broad SMARTS) is 2. The lowest BCUT2D eigenvalue weighted by Crippen LogP contribution is -2.40. The fourth-order valence-corrected chi connectivity index (χ4v) is 2.73. The molecule has 1 aromatic rings. The minimum absolute atomic E-state index is 0.00772. The number of hydrogen-bond acceptors (Lipinski definition) is 6. The van der Waals surface area contributed by atoms with Crippen LogP contribution in [0.3, 0.4) is 0 Å². The number of carbonyl (C=O) groups is 2. The average molecular weight is 358 g/mol. The summed E-state index contributed by atoms with van der Waals surface area (Å²) >= 11 is 0. The maximum atomic E-state index is 12.6. The highest BCUT2D eigenvalue weighted by molar-refractivity contribution is 5.93. The van der Waals surface area contributed by atoms with Gasteiger partial charge in [0.2, 0.25) is 0 Å². The number of aromatic carboxylic acids is 1. The van der Waals surface area contributed by atoms with Crippen LogP contribution in [0.25, 0.3) is 22.6 Å². The Balaban J connectivity index is 2.45. The molecular weight excluding hydrogens is 344 g/mol. The third-order valence-electron chi connectivity index (χ3n) is 3.83. The number of hydrogen-bond donors (Lipinski definition) is 2. The molecule has 0 aromatic heterocycles. The van der Waals surface area contributed by atoms with E-state index >= 15 is 0 Å². The lowest BCUT2D eigenvalue weighted by atomic mass is 10.1. The van der Waals surface area contributed by atoms with Crippen molar-refractivity contribution in [3.63, 3.8) is 0 Å². The molecule has 0 saturated carbocycles. The van der Waals surface area contributed by atoms with Gasteiger partial charge in [-0.2, -0.15) is 4.98 Å². The van der Waals surface area contributed by atoms with Crippen LogP contribution in [0.2, 0.25) is 0 Å². The Kier molecular flexibility index (Phi) is 4.24. The number of aromatic nitrogens is 4. The molecule has 2 aliphatic rings. The van der Waals surface area contributed by atoms with Gasteiger partial charge in [0, 0.05) is 6.54 Å². The molecular formula is C16H14N4O6. The molecule has 2 aliphatic heterocycles. The van der Waals surface area contributed by atoms with Gasteiger partial charge in [0.05, 0.1) is 16.6 Å². The number of rotatable bonds is 5. The topological polar surface area (TPSA) is 144 Å². The molecule has 2 N–H and O–H groups in total. The van der Waals surface area contributed by atoms with Crippen LogP contribution in [0.1, 0.15) is 23.7 Å². The maximum Gasteiger partial charge on any atom is 0.353 e. The summed E-state index contributed by atoms with van der Waals surface area (Å²) in [6.07, 6.45) is 0.660. The Hall–Kier alpha value is -3.56. The lowest BCUT2D eigenvalue weighted by molar-refractivity contribution is -0.137. The monoisotopic (exact) mass is 358 g/mol. The zero-order valence-electron chi connectivity index (χ0n) is 13.7. The Morgan fingerprint density at radius 3 is 2.46 bits per heavy atom. The summed E-state index contributed by atoms with van der Waals surface area (Å²) in [5, 5.41) is 18.0. The molecule has 0 radical (unpaired) electrons. The van der Waals surface area contributed by atoms with Gasteiger partial charge in [-0.15, -0.1) is 0 Å². The number of fused-ring (bicyclic) bond motifs is 2. The van der Waals surface area contributed by atoms with Crippen molar-refractivity contribution < 1.29 is 19.8 Å². The third-order valence-corrected chi connectivity index (χ3v) is 3.83. The van der Waals surface area contributed by atoms with Gasteiger partial charge in [0.1, 0.15) is 6.54 Å². The molecule has 0 amide bonds. The van der Waals surface area contributed by atoms with Crippen LogP contribution in [-0.2, 0) is 17.9 Å². The SMILES string of the molecule is CCCn1c2nc(=O)n(CC(=O)O)c(=O)c-2nc2cc(C(=O)O)ccc21. The minimum atomic E-state index is -1.36. The molecule has 3 rings (SSSR count). The molecule has 0 atom stereocenters. The number of nitrogens with zero attached hydrogens (tertiary/aromatic N) is 4. The van der Waals surface area contributed by atoms with Crippen molar-refractivity contribution in [3.8, 4) is 11.5 Å². The highest BCUT2D eigenvalue weighted by atomic mass is 16.4. The van der Waals surface area contributed by atoms with Crippen LogP contribution in [0.5, 0.6) is 0 Å². The van der Waals surface area contributed by atoms with Crippen molar-refractivity contribution >= 4 is 23.0 Å². The van der Waals surface area contributed by atoms with Crippen LogP contribution in [0.15, 0.2) is 27.8 Å². The summed E-state index contributed by atoms with van der Waals surface area (Å²) in [6.45, 7) is 1.47. The molecule has 0 aliphatic carbocycles. The first-order valence-corrected chi connectivity index (χ1v) is 7.73. The van der Waals surface area contributed by atoms with E-state index in [9.17, 15) is 19.2 Å². The smallest absolute Gasteiger partial charge is 0.353 e. The summed E-state index contributed by atoms with van der Waals surface area (Å²) in [6, 6.07) is 4.25. The molecule has 134 valence electrons. The molecule has 0 bridgehead atoms. The minimum Gasteiger partial charge on any atom is -0.480 e. The lowest BCUT2D eigenvalue weighted by Gasteiger charge is -2.17. The number of aryl methyl sites for hydroxylation is 1. The highest BCUT2D eigenvalue weighted by Gasteiger charge is 2.22.